The van der Waals surface area contributed by atoms with E-state index in [9.17, 15) is 4.39 Å². The van der Waals surface area contributed by atoms with Crippen LogP contribution in [0, 0.1) is 5.82 Å². The van der Waals surface area contributed by atoms with Gasteiger partial charge in [-0.1, -0.05) is 19.9 Å². The van der Waals surface area contributed by atoms with Crippen LogP contribution in [0.1, 0.15) is 38.8 Å². The Labute approximate surface area is 124 Å². The zero-order valence-corrected chi connectivity index (χ0v) is 12.8. The van der Waals surface area contributed by atoms with Gasteiger partial charge in [0, 0.05) is 18.2 Å². The lowest BCUT2D eigenvalue weighted by atomic mass is 10.1. The molecule has 0 amide bonds. The Morgan fingerprint density at radius 1 is 1.38 bits per heavy atom. The predicted molar refractivity (Wildman–Crippen MR) is 81.1 cm³/mol. The van der Waals surface area contributed by atoms with Crippen LogP contribution in [0.25, 0.3) is 0 Å². The summed E-state index contributed by atoms with van der Waals surface area (Å²) in [5.74, 6) is 0.889. The minimum Gasteiger partial charge on any atom is -0.454 e. The summed E-state index contributed by atoms with van der Waals surface area (Å²) in [7, 11) is 0. The Balaban J connectivity index is 2.24. The summed E-state index contributed by atoms with van der Waals surface area (Å²) in [4.78, 5) is 0. The molecule has 5 heteroatoms. The highest BCUT2D eigenvalue weighted by Crippen LogP contribution is 2.31. The van der Waals surface area contributed by atoms with Gasteiger partial charge in [-0.15, -0.1) is 0 Å². The van der Waals surface area contributed by atoms with Crippen molar-refractivity contribution in [3.8, 4) is 11.5 Å². The van der Waals surface area contributed by atoms with Crippen LogP contribution >= 0.6 is 0 Å². The highest BCUT2D eigenvalue weighted by molar-refractivity contribution is 5.39. The van der Waals surface area contributed by atoms with Crippen LogP contribution in [0.3, 0.4) is 0 Å². The minimum absolute atomic E-state index is 0.114. The number of aromatic nitrogens is 2. The molecular weight excluding hydrogens is 269 g/mol. The van der Waals surface area contributed by atoms with Crippen molar-refractivity contribution in [1.29, 1.82) is 0 Å². The number of aryl methyl sites for hydroxylation is 1. The molecule has 0 saturated heterocycles. The average molecular weight is 291 g/mol. The van der Waals surface area contributed by atoms with Gasteiger partial charge in [0.25, 0.3) is 0 Å². The van der Waals surface area contributed by atoms with E-state index in [0.29, 0.717) is 17.1 Å². The van der Waals surface area contributed by atoms with E-state index in [1.54, 1.807) is 18.3 Å². The van der Waals surface area contributed by atoms with E-state index in [-0.39, 0.29) is 11.9 Å². The molecule has 0 radical (unpaired) electrons. The molecule has 1 unspecified atom stereocenters. The third-order valence-electron chi connectivity index (χ3n) is 3.25. The number of hydrogen-bond donors (Lipinski definition) is 1. The summed E-state index contributed by atoms with van der Waals surface area (Å²) >= 11 is 0. The lowest BCUT2D eigenvalue weighted by molar-refractivity contribution is 0.447. The average Bonchev–Trinajstić information content (AvgIpc) is 2.87. The quantitative estimate of drug-likeness (QED) is 0.841. The first-order valence-electron chi connectivity index (χ1n) is 7.37. The molecule has 1 N–H and O–H groups in total. The van der Waals surface area contributed by atoms with Crippen LogP contribution in [0.5, 0.6) is 11.5 Å². The zero-order chi connectivity index (χ0) is 15.2. The molecule has 0 saturated carbocycles. The summed E-state index contributed by atoms with van der Waals surface area (Å²) in [6.45, 7) is 7.61. The van der Waals surface area contributed by atoms with Gasteiger partial charge in [0.15, 0.2) is 5.75 Å². The molecule has 0 aliphatic carbocycles. The van der Waals surface area contributed by atoms with Gasteiger partial charge in [0.1, 0.15) is 11.6 Å². The van der Waals surface area contributed by atoms with Gasteiger partial charge < -0.3 is 10.1 Å². The molecule has 1 atom stereocenters. The Kier molecular flexibility index (Phi) is 5.33. The van der Waals surface area contributed by atoms with Crippen molar-refractivity contribution < 1.29 is 9.13 Å². The van der Waals surface area contributed by atoms with Gasteiger partial charge in [-0.3, -0.25) is 4.68 Å². The van der Waals surface area contributed by atoms with E-state index < -0.39 is 0 Å². The molecule has 0 aliphatic rings. The molecule has 0 aliphatic heterocycles. The van der Waals surface area contributed by atoms with Crippen molar-refractivity contribution in [2.75, 3.05) is 6.54 Å². The fourth-order valence-corrected chi connectivity index (χ4v) is 2.31. The zero-order valence-electron chi connectivity index (χ0n) is 12.8. The van der Waals surface area contributed by atoms with Gasteiger partial charge >= 0.3 is 0 Å². The topological polar surface area (TPSA) is 39.1 Å². The molecule has 1 aromatic carbocycles. The highest BCUT2D eigenvalue weighted by Gasteiger charge is 2.17. The van der Waals surface area contributed by atoms with Crippen molar-refractivity contribution in [3.05, 3.63) is 42.0 Å². The van der Waals surface area contributed by atoms with Gasteiger partial charge in [0.2, 0.25) is 0 Å². The maximum Gasteiger partial charge on any atom is 0.165 e. The lowest BCUT2D eigenvalue weighted by Crippen LogP contribution is -2.19. The maximum atomic E-state index is 14.1. The highest BCUT2D eigenvalue weighted by atomic mass is 19.1. The van der Waals surface area contributed by atoms with Crippen LogP contribution in [0.2, 0.25) is 0 Å². The number of halogens is 1. The van der Waals surface area contributed by atoms with Crippen molar-refractivity contribution in [1.82, 2.24) is 15.1 Å². The second kappa shape index (κ2) is 7.22. The second-order valence-corrected chi connectivity index (χ2v) is 4.97. The summed E-state index contributed by atoms with van der Waals surface area (Å²) in [5, 5.41) is 7.43. The van der Waals surface area contributed by atoms with Crippen molar-refractivity contribution in [2.24, 2.45) is 0 Å². The standard InChI is InChI=1S/C16H22FN3O/c1-4-9-20-11-13(10-19-20)21-15-8-6-7-14(17)16(15)12(3)18-5-2/h6-8,10-12,18H,4-5,9H2,1-3H3. The molecule has 0 bridgehead atoms. The molecule has 0 spiro atoms. The molecule has 21 heavy (non-hydrogen) atoms. The van der Waals surface area contributed by atoms with Gasteiger partial charge in [-0.05, 0) is 32.0 Å². The summed E-state index contributed by atoms with van der Waals surface area (Å²) < 4.78 is 21.8. The van der Waals surface area contributed by atoms with E-state index in [2.05, 4.69) is 17.3 Å². The van der Waals surface area contributed by atoms with Crippen LogP contribution in [-0.2, 0) is 6.54 Å². The second-order valence-electron chi connectivity index (χ2n) is 4.97. The smallest absolute Gasteiger partial charge is 0.165 e. The van der Waals surface area contributed by atoms with Gasteiger partial charge in [-0.25, -0.2) is 4.39 Å². The first-order valence-corrected chi connectivity index (χ1v) is 7.37. The Hall–Kier alpha value is -1.88. The van der Waals surface area contributed by atoms with Crippen LogP contribution < -0.4 is 10.1 Å². The fourth-order valence-electron chi connectivity index (χ4n) is 2.31. The predicted octanol–water partition coefficient (Wildman–Crippen LogP) is 3.90. The summed E-state index contributed by atoms with van der Waals surface area (Å²) in [6, 6.07) is 4.78. The molecule has 4 nitrogen and oxygen atoms in total. The van der Waals surface area contributed by atoms with E-state index in [1.165, 1.54) is 6.07 Å². The minimum atomic E-state index is -0.262. The molecule has 2 aromatic rings. The first-order chi connectivity index (χ1) is 10.2. The number of nitrogens with zero attached hydrogens (tertiary/aromatic N) is 2. The van der Waals surface area contributed by atoms with Crippen molar-refractivity contribution >= 4 is 0 Å². The lowest BCUT2D eigenvalue weighted by Gasteiger charge is -2.17. The Morgan fingerprint density at radius 3 is 2.90 bits per heavy atom. The molecule has 114 valence electrons. The number of nitrogens with one attached hydrogen (secondary N) is 1. The van der Waals surface area contributed by atoms with Crippen LogP contribution in [0.15, 0.2) is 30.6 Å². The monoisotopic (exact) mass is 291 g/mol. The van der Waals surface area contributed by atoms with Crippen LogP contribution in [-0.4, -0.2) is 16.3 Å². The van der Waals surface area contributed by atoms with E-state index in [0.717, 1.165) is 19.5 Å². The summed E-state index contributed by atoms with van der Waals surface area (Å²) in [6.07, 6.45) is 4.49. The molecule has 1 aromatic heterocycles. The number of benzene rings is 1. The Morgan fingerprint density at radius 2 is 2.19 bits per heavy atom. The van der Waals surface area contributed by atoms with Gasteiger partial charge in [-0.2, -0.15) is 5.10 Å². The third kappa shape index (κ3) is 3.82. The Bertz CT molecular complexity index is 583. The fraction of sp³-hybridized carbons (Fsp3) is 0.438. The summed E-state index contributed by atoms with van der Waals surface area (Å²) in [5.41, 5.74) is 0.544. The number of ether oxygens (including phenoxy) is 1. The molecular formula is C16H22FN3O. The van der Waals surface area contributed by atoms with Crippen molar-refractivity contribution in [2.45, 2.75) is 39.8 Å². The normalized spacial score (nSPS) is 12.4. The van der Waals surface area contributed by atoms with Gasteiger partial charge in [0.05, 0.1) is 12.4 Å². The van der Waals surface area contributed by atoms with E-state index >= 15 is 0 Å². The number of rotatable bonds is 7. The molecule has 2 rings (SSSR count). The number of hydrogen-bond acceptors (Lipinski definition) is 3. The largest absolute Gasteiger partial charge is 0.454 e. The van der Waals surface area contributed by atoms with E-state index in [1.807, 2.05) is 24.7 Å². The third-order valence-corrected chi connectivity index (χ3v) is 3.25. The van der Waals surface area contributed by atoms with E-state index in [4.69, 9.17) is 4.74 Å². The molecule has 1 heterocycles. The maximum absolute atomic E-state index is 14.1. The molecule has 0 fully saturated rings. The van der Waals surface area contributed by atoms with Crippen molar-refractivity contribution in [3.63, 3.8) is 0 Å². The SMILES string of the molecule is CCCn1cc(Oc2cccc(F)c2C(C)NCC)cn1. The first kappa shape index (κ1) is 15.5. The van der Waals surface area contributed by atoms with Crippen LogP contribution in [0.4, 0.5) is 4.39 Å².